The highest BCUT2D eigenvalue weighted by Crippen LogP contribution is 2.20. The van der Waals surface area contributed by atoms with Gasteiger partial charge >= 0.3 is 0 Å². The number of H-pyrrole nitrogens is 1. The summed E-state index contributed by atoms with van der Waals surface area (Å²) in [6.07, 6.45) is 10.5. The zero-order valence-electron chi connectivity index (χ0n) is 17.4. The summed E-state index contributed by atoms with van der Waals surface area (Å²) >= 11 is 0. The van der Waals surface area contributed by atoms with Gasteiger partial charge in [-0.3, -0.25) is 4.79 Å². The summed E-state index contributed by atoms with van der Waals surface area (Å²) < 4.78 is 15.7. The normalized spacial score (nSPS) is 15.7. The van der Waals surface area contributed by atoms with Crippen LogP contribution < -0.4 is 10.9 Å². The van der Waals surface area contributed by atoms with Gasteiger partial charge in [-0.1, -0.05) is 6.42 Å². The Morgan fingerprint density at radius 1 is 1.20 bits per heavy atom. The Morgan fingerprint density at radius 3 is 2.73 bits per heavy atom. The number of nitrogens with zero attached hydrogens (tertiary/aromatic N) is 4. The Labute approximate surface area is 173 Å². The molecule has 7 nitrogen and oxygen atoms in total. The maximum Gasteiger partial charge on any atom is 0.258 e. The molecule has 0 radical (unpaired) electrons. The van der Waals surface area contributed by atoms with E-state index in [4.69, 9.17) is 0 Å². The molecule has 5 heterocycles. The molecule has 0 amide bonds. The summed E-state index contributed by atoms with van der Waals surface area (Å²) in [5.41, 5.74) is 2.19. The van der Waals surface area contributed by atoms with Crippen molar-refractivity contribution in [3.63, 3.8) is 0 Å². The van der Waals surface area contributed by atoms with Crippen LogP contribution >= 0.6 is 0 Å². The van der Waals surface area contributed by atoms with Crippen LogP contribution in [0.3, 0.4) is 0 Å². The van der Waals surface area contributed by atoms with E-state index < -0.39 is 5.82 Å². The Balaban J connectivity index is 0.000000230. The quantitative estimate of drug-likeness (QED) is 0.502. The van der Waals surface area contributed by atoms with E-state index in [1.807, 2.05) is 0 Å². The lowest BCUT2D eigenvalue weighted by Crippen LogP contribution is -2.42. The lowest BCUT2D eigenvalue weighted by Gasteiger charge is -2.30. The summed E-state index contributed by atoms with van der Waals surface area (Å²) in [6, 6.07) is 3.02. The predicted molar refractivity (Wildman–Crippen MR) is 115 cm³/mol. The molecular formula is C22H25FN6O. The second-order valence-corrected chi connectivity index (χ2v) is 8.26. The number of hydrogen-bond acceptors (Lipinski definition) is 5. The van der Waals surface area contributed by atoms with Gasteiger partial charge in [0.1, 0.15) is 0 Å². The summed E-state index contributed by atoms with van der Waals surface area (Å²) in [6.45, 7) is 7.55. The van der Waals surface area contributed by atoms with Gasteiger partial charge < -0.3 is 14.7 Å². The largest absolute Gasteiger partial charge is 0.328 e. The molecule has 0 bridgehead atoms. The third-order valence-corrected chi connectivity index (χ3v) is 5.24. The van der Waals surface area contributed by atoms with E-state index in [-0.39, 0.29) is 11.2 Å². The average Bonchev–Trinajstić information content (AvgIpc) is 3.09. The van der Waals surface area contributed by atoms with Gasteiger partial charge in [0, 0.05) is 35.9 Å². The highest BCUT2D eigenvalue weighted by molar-refractivity contribution is 5.78. The zero-order chi connectivity index (χ0) is 21.3. The molecule has 1 fully saturated rings. The highest BCUT2D eigenvalue weighted by atomic mass is 19.1. The summed E-state index contributed by atoms with van der Waals surface area (Å²) in [4.78, 5) is 26.8. The van der Waals surface area contributed by atoms with Crippen LogP contribution in [0.5, 0.6) is 0 Å². The first kappa shape index (κ1) is 20.2. The van der Waals surface area contributed by atoms with Crippen molar-refractivity contribution < 1.29 is 4.39 Å². The molecule has 0 aromatic carbocycles. The molecule has 4 aromatic rings. The number of fused-ring (bicyclic) bond motifs is 2. The number of nitrogens with one attached hydrogen (secondary N) is 2. The van der Waals surface area contributed by atoms with Crippen molar-refractivity contribution in [1.29, 1.82) is 0 Å². The third-order valence-electron chi connectivity index (χ3n) is 5.24. The molecule has 2 N–H and O–H groups in total. The van der Waals surface area contributed by atoms with Gasteiger partial charge in [0.05, 0.1) is 16.6 Å². The van der Waals surface area contributed by atoms with E-state index in [1.54, 1.807) is 29.8 Å². The highest BCUT2D eigenvalue weighted by Gasteiger charge is 2.18. The van der Waals surface area contributed by atoms with Gasteiger partial charge in [-0.2, -0.15) is 0 Å². The molecule has 1 saturated heterocycles. The molecule has 156 valence electrons. The molecule has 8 heteroatoms. The van der Waals surface area contributed by atoms with Crippen molar-refractivity contribution in [3.05, 3.63) is 58.8 Å². The fraction of sp³-hybridized carbons (Fsp3) is 0.364. The number of halogens is 1. The van der Waals surface area contributed by atoms with Gasteiger partial charge in [0.2, 0.25) is 0 Å². The number of imidazole rings is 1. The maximum atomic E-state index is 14.1. The zero-order valence-corrected chi connectivity index (χ0v) is 17.4. The number of aryl methyl sites for hydroxylation is 1. The molecule has 0 aliphatic carbocycles. The van der Waals surface area contributed by atoms with Crippen LogP contribution in [0.2, 0.25) is 0 Å². The number of piperidine rings is 1. The number of rotatable bonds is 1. The Morgan fingerprint density at radius 2 is 2.03 bits per heavy atom. The van der Waals surface area contributed by atoms with Crippen LogP contribution in [0.25, 0.3) is 27.9 Å². The Bertz CT molecular complexity index is 1250. The van der Waals surface area contributed by atoms with Crippen LogP contribution in [0.1, 0.15) is 38.8 Å². The summed E-state index contributed by atoms with van der Waals surface area (Å²) in [5.74, 6) is -0.0922. The standard InChI is InChI=1S/C15H10FN5O.C7H15N/c1-8-6-21-7-9(4-11(16)14(21)19-8)13-18-5-10-12(20-13)2-3-17-15(10)22;1-7(2)5-3-4-6-8-7/h2-7H,1H3,(H,17,22);8H,3-6H2,1-2H3. The second kappa shape index (κ2) is 7.95. The topological polar surface area (TPSA) is 88.0 Å². The van der Waals surface area contributed by atoms with E-state index in [2.05, 4.69) is 39.1 Å². The fourth-order valence-corrected chi connectivity index (χ4v) is 3.62. The Hall–Kier alpha value is -3.13. The molecular weight excluding hydrogens is 383 g/mol. The molecule has 0 saturated carbocycles. The lowest BCUT2D eigenvalue weighted by atomic mass is 9.93. The number of hydrogen-bond donors (Lipinski definition) is 2. The third kappa shape index (κ3) is 4.23. The molecule has 1 aliphatic heterocycles. The predicted octanol–water partition coefficient (Wildman–Crippen LogP) is 3.62. The SMILES string of the molecule is CC1(C)CCCCN1.Cc1cn2cc(-c3ncc4c(=O)[nH]ccc4n3)cc(F)c2n1. The van der Waals surface area contributed by atoms with Crippen molar-refractivity contribution in [2.24, 2.45) is 0 Å². The van der Waals surface area contributed by atoms with Crippen LogP contribution in [0.4, 0.5) is 4.39 Å². The van der Waals surface area contributed by atoms with Crippen molar-refractivity contribution >= 4 is 16.6 Å². The molecule has 0 unspecified atom stereocenters. The first-order valence-corrected chi connectivity index (χ1v) is 10.1. The van der Waals surface area contributed by atoms with Crippen LogP contribution in [0.15, 0.2) is 41.7 Å². The van der Waals surface area contributed by atoms with Crippen molar-refractivity contribution in [2.45, 2.75) is 45.6 Å². The maximum absolute atomic E-state index is 14.1. The van der Waals surface area contributed by atoms with E-state index in [0.717, 1.165) is 5.69 Å². The molecule has 4 aromatic heterocycles. The number of aromatic amines is 1. The van der Waals surface area contributed by atoms with Crippen LogP contribution in [-0.4, -0.2) is 36.4 Å². The smallest absolute Gasteiger partial charge is 0.258 e. The number of pyridine rings is 2. The minimum atomic E-state index is -0.444. The molecule has 5 rings (SSSR count). The minimum Gasteiger partial charge on any atom is -0.328 e. The van der Waals surface area contributed by atoms with Gasteiger partial charge in [0.15, 0.2) is 17.3 Å². The molecule has 1 aliphatic rings. The lowest BCUT2D eigenvalue weighted by molar-refractivity contribution is 0.304. The number of aromatic nitrogens is 5. The summed E-state index contributed by atoms with van der Waals surface area (Å²) in [7, 11) is 0. The van der Waals surface area contributed by atoms with Gasteiger partial charge in [-0.15, -0.1) is 0 Å². The molecule has 30 heavy (non-hydrogen) atoms. The average molecular weight is 408 g/mol. The first-order valence-electron chi connectivity index (χ1n) is 10.1. The fourth-order valence-electron chi connectivity index (χ4n) is 3.62. The first-order chi connectivity index (χ1) is 14.3. The van der Waals surface area contributed by atoms with Crippen LogP contribution in [0, 0.1) is 12.7 Å². The van der Waals surface area contributed by atoms with E-state index >= 15 is 0 Å². The van der Waals surface area contributed by atoms with Crippen molar-refractivity contribution in [1.82, 2.24) is 29.7 Å². The van der Waals surface area contributed by atoms with Crippen LogP contribution in [-0.2, 0) is 0 Å². The van der Waals surface area contributed by atoms with E-state index in [1.165, 1.54) is 44.3 Å². The van der Waals surface area contributed by atoms with E-state index in [0.29, 0.717) is 27.8 Å². The van der Waals surface area contributed by atoms with Gasteiger partial charge in [-0.05, 0) is 52.3 Å². The molecule has 0 spiro atoms. The molecule has 0 atom stereocenters. The van der Waals surface area contributed by atoms with Gasteiger partial charge in [-0.25, -0.2) is 19.3 Å². The minimum absolute atomic E-state index is 0.254. The summed E-state index contributed by atoms with van der Waals surface area (Å²) in [5, 5.41) is 3.85. The van der Waals surface area contributed by atoms with Crippen molar-refractivity contribution in [2.75, 3.05) is 6.54 Å². The van der Waals surface area contributed by atoms with Gasteiger partial charge in [0.25, 0.3) is 5.56 Å². The monoisotopic (exact) mass is 408 g/mol. The second-order valence-electron chi connectivity index (χ2n) is 8.26. The van der Waals surface area contributed by atoms with Crippen molar-refractivity contribution in [3.8, 4) is 11.4 Å². The van der Waals surface area contributed by atoms with E-state index in [9.17, 15) is 9.18 Å². The Kier molecular flexibility index (Phi) is 5.34.